The van der Waals surface area contributed by atoms with Crippen molar-refractivity contribution in [3.63, 3.8) is 0 Å². The van der Waals surface area contributed by atoms with Gasteiger partial charge in [0, 0.05) is 25.0 Å². The first-order valence-electron chi connectivity index (χ1n) is 9.36. The quantitative estimate of drug-likeness (QED) is 0.723. The zero-order chi connectivity index (χ0) is 20.1. The van der Waals surface area contributed by atoms with E-state index in [2.05, 4.69) is 10.3 Å². The Labute approximate surface area is 170 Å². The number of nitrogens with zero attached hydrogens (tertiary/aromatic N) is 2. The van der Waals surface area contributed by atoms with E-state index in [0.717, 1.165) is 30.5 Å². The predicted octanol–water partition coefficient (Wildman–Crippen LogP) is 3.68. The summed E-state index contributed by atoms with van der Waals surface area (Å²) in [4.78, 5) is 16.9. The second-order valence-electron chi connectivity index (χ2n) is 6.92. The van der Waals surface area contributed by atoms with Crippen LogP contribution in [0, 0.1) is 6.92 Å². The molecule has 1 saturated heterocycles. The molecule has 1 aromatic heterocycles. The molecule has 150 valence electrons. The molecular weight excluding hydrogens is 394 g/mol. The highest BCUT2D eigenvalue weighted by Gasteiger charge is 2.26. The molecule has 1 aliphatic heterocycles. The first-order valence-corrected chi connectivity index (χ1v) is 11.7. The summed E-state index contributed by atoms with van der Waals surface area (Å²) in [6, 6.07) is 10.9. The molecule has 28 heavy (non-hydrogen) atoms. The first kappa shape index (κ1) is 20.8. The van der Waals surface area contributed by atoms with Crippen molar-refractivity contribution < 1.29 is 13.2 Å². The van der Waals surface area contributed by atoms with E-state index in [4.69, 9.17) is 0 Å². The molecule has 0 bridgehead atoms. The number of hydrogen-bond acceptors (Lipinski definition) is 5. The van der Waals surface area contributed by atoms with Gasteiger partial charge in [0.05, 0.1) is 10.3 Å². The third-order valence-electron chi connectivity index (χ3n) is 4.61. The summed E-state index contributed by atoms with van der Waals surface area (Å²) in [6.07, 6.45) is 4.25. The number of amides is 1. The number of aromatic nitrogens is 1. The second-order valence-corrected chi connectivity index (χ2v) is 10.2. The summed E-state index contributed by atoms with van der Waals surface area (Å²) in [5.41, 5.74) is 1.83. The average molecular weight is 420 g/mol. The summed E-state index contributed by atoms with van der Waals surface area (Å²) in [6.45, 7) is 4.90. The van der Waals surface area contributed by atoms with Gasteiger partial charge in [0.15, 0.2) is 0 Å². The summed E-state index contributed by atoms with van der Waals surface area (Å²) in [5, 5.41) is 3.14. The van der Waals surface area contributed by atoms with Gasteiger partial charge in [0.2, 0.25) is 15.9 Å². The van der Waals surface area contributed by atoms with Crippen LogP contribution in [0.1, 0.15) is 31.7 Å². The van der Waals surface area contributed by atoms with Crippen molar-refractivity contribution >= 4 is 33.4 Å². The highest BCUT2D eigenvalue weighted by Crippen LogP contribution is 2.25. The topological polar surface area (TPSA) is 79.4 Å². The van der Waals surface area contributed by atoms with Crippen LogP contribution in [0.2, 0.25) is 0 Å². The number of piperidine rings is 1. The van der Waals surface area contributed by atoms with Crippen molar-refractivity contribution in [1.29, 1.82) is 0 Å². The number of nitrogens with one attached hydrogen (secondary N) is 1. The molecule has 0 saturated carbocycles. The summed E-state index contributed by atoms with van der Waals surface area (Å²) >= 11 is 1.30. The monoisotopic (exact) mass is 419 g/mol. The normalized spacial score (nSPS) is 16.5. The van der Waals surface area contributed by atoms with Gasteiger partial charge in [0.1, 0.15) is 4.90 Å². The van der Waals surface area contributed by atoms with Gasteiger partial charge in [-0.05, 0) is 56.5 Å². The molecule has 1 aliphatic rings. The van der Waals surface area contributed by atoms with Crippen LogP contribution in [-0.2, 0) is 14.8 Å². The highest BCUT2D eigenvalue weighted by molar-refractivity contribution is 8.00. The van der Waals surface area contributed by atoms with Crippen LogP contribution < -0.4 is 5.32 Å². The number of pyridine rings is 1. The van der Waals surface area contributed by atoms with E-state index >= 15 is 0 Å². The van der Waals surface area contributed by atoms with Crippen LogP contribution in [0.15, 0.2) is 52.5 Å². The van der Waals surface area contributed by atoms with Crippen LogP contribution in [0.5, 0.6) is 0 Å². The minimum atomic E-state index is -3.49. The zero-order valence-electron chi connectivity index (χ0n) is 16.1. The highest BCUT2D eigenvalue weighted by atomic mass is 32.2. The Hall–Kier alpha value is -1.90. The molecule has 1 aromatic carbocycles. The smallest absolute Gasteiger partial charge is 0.244 e. The molecule has 1 atom stereocenters. The van der Waals surface area contributed by atoms with Gasteiger partial charge in [-0.1, -0.05) is 30.3 Å². The summed E-state index contributed by atoms with van der Waals surface area (Å²) < 4.78 is 26.9. The minimum absolute atomic E-state index is 0.123. The van der Waals surface area contributed by atoms with Crippen LogP contribution in [0.3, 0.4) is 0 Å². The Kier molecular flexibility index (Phi) is 6.74. The number of thioether (sulfide) groups is 1. The second kappa shape index (κ2) is 9.07. The molecule has 1 fully saturated rings. The SMILES string of the molecule is Cc1cccc(NC(=O)[C@H](C)Sc2ccc(S(=O)(=O)N3CCCCC3)cn2)c1. The molecule has 1 amide bonds. The molecule has 2 heterocycles. The fraction of sp³-hybridized carbons (Fsp3) is 0.400. The Morgan fingerprint density at radius 3 is 2.57 bits per heavy atom. The third-order valence-corrected chi connectivity index (χ3v) is 7.55. The first-order chi connectivity index (χ1) is 13.4. The maximum atomic E-state index is 12.7. The van der Waals surface area contributed by atoms with Crippen molar-refractivity contribution in [3.8, 4) is 0 Å². The van der Waals surface area contributed by atoms with E-state index < -0.39 is 10.0 Å². The summed E-state index contributed by atoms with van der Waals surface area (Å²) in [7, 11) is -3.49. The molecule has 0 spiro atoms. The standard InChI is InChI=1S/C20H25N3O3S2/c1-15-7-6-8-17(13-15)22-20(24)16(2)27-19-10-9-18(14-21-19)28(25,26)23-11-4-3-5-12-23/h6-10,13-14,16H,3-5,11-12H2,1-2H3,(H,22,24)/t16-/m0/s1. The Balaban J connectivity index is 1.62. The fourth-order valence-electron chi connectivity index (χ4n) is 3.04. The lowest BCUT2D eigenvalue weighted by molar-refractivity contribution is -0.115. The van der Waals surface area contributed by atoms with E-state index in [1.165, 1.54) is 22.3 Å². The molecule has 0 unspecified atom stereocenters. The molecule has 6 nitrogen and oxygen atoms in total. The number of aryl methyl sites for hydroxylation is 1. The predicted molar refractivity (Wildman–Crippen MR) is 112 cm³/mol. The van der Waals surface area contributed by atoms with E-state index in [1.807, 2.05) is 31.2 Å². The van der Waals surface area contributed by atoms with Gasteiger partial charge in [0.25, 0.3) is 0 Å². The van der Waals surface area contributed by atoms with Gasteiger partial charge >= 0.3 is 0 Å². The number of sulfonamides is 1. The van der Waals surface area contributed by atoms with Gasteiger partial charge in [-0.3, -0.25) is 4.79 Å². The lowest BCUT2D eigenvalue weighted by Gasteiger charge is -2.25. The molecule has 0 aliphatic carbocycles. The Morgan fingerprint density at radius 2 is 1.93 bits per heavy atom. The lowest BCUT2D eigenvalue weighted by atomic mass is 10.2. The van der Waals surface area contributed by atoms with Gasteiger partial charge in [-0.25, -0.2) is 13.4 Å². The number of carbonyl (C=O) groups is 1. The van der Waals surface area contributed by atoms with Gasteiger partial charge < -0.3 is 5.32 Å². The van der Waals surface area contributed by atoms with Crippen LogP contribution >= 0.6 is 11.8 Å². The Morgan fingerprint density at radius 1 is 1.18 bits per heavy atom. The molecule has 3 rings (SSSR count). The van der Waals surface area contributed by atoms with E-state index in [0.29, 0.717) is 18.1 Å². The number of benzene rings is 1. The molecule has 0 radical (unpaired) electrons. The maximum absolute atomic E-state index is 12.7. The van der Waals surface area contributed by atoms with Crippen molar-refractivity contribution in [2.24, 2.45) is 0 Å². The largest absolute Gasteiger partial charge is 0.325 e. The fourth-order valence-corrected chi connectivity index (χ4v) is 5.30. The van der Waals surface area contributed by atoms with Gasteiger partial charge in [-0.15, -0.1) is 0 Å². The van der Waals surface area contributed by atoms with Crippen molar-refractivity contribution in [2.75, 3.05) is 18.4 Å². The summed E-state index contributed by atoms with van der Waals surface area (Å²) in [5.74, 6) is -0.123. The van der Waals surface area contributed by atoms with E-state index in [9.17, 15) is 13.2 Å². The molecule has 8 heteroatoms. The van der Waals surface area contributed by atoms with E-state index in [-0.39, 0.29) is 16.1 Å². The average Bonchev–Trinajstić information content (AvgIpc) is 2.69. The van der Waals surface area contributed by atoms with Crippen LogP contribution in [0.25, 0.3) is 0 Å². The van der Waals surface area contributed by atoms with Crippen LogP contribution in [-0.4, -0.2) is 42.0 Å². The minimum Gasteiger partial charge on any atom is -0.325 e. The zero-order valence-corrected chi connectivity index (χ0v) is 17.7. The van der Waals surface area contributed by atoms with Gasteiger partial charge in [-0.2, -0.15) is 4.31 Å². The molecule has 2 aromatic rings. The number of anilines is 1. The number of hydrogen-bond donors (Lipinski definition) is 1. The van der Waals surface area contributed by atoms with Crippen molar-refractivity contribution in [1.82, 2.24) is 9.29 Å². The maximum Gasteiger partial charge on any atom is 0.244 e. The third kappa shape index (κ3) is 5.12. The van der Waals surface area contributed by atoms with Crippen molar-refractivity contribution in [3.05, 3.63) is 48.2 Å². The Bertz CT molecular complexity index is 924. The lowest BCUT2D eigenvalue weighted by Crippen LogP contribution is -2.35. The van der Waals surface area contributed by atoms with Crippen molar-refractivity contribution in [2.45, 2.75) is 48.3 Å². The molecular formula is C20H25N3O3S2. The molecule has 1 N–H and O–H groups in total. The number of rotatable bonds is 6. The number of carbonyl (C=O) groups excluding carboxylic acids is 1. The van der Waals surface area contributed by atoms with Crippen LogP contribution in [0.4, 0.5) is 5.69 Å². The van der Waals surface area contributed by atoms with E-state index in [1.54, 1.807) is 19.1 Å².